The molecular weight excluding hydrogens is 399 g/mol. The van der Waals surface area contributed by atoms with Gasteiger partial charge in [-0.3, -0.25) is 4.90 Å². The van der Waals surface area contributed by atoms with Gasteiger partial charge < -0.3 is 19.5 Å². The Balaban J connectivity index is 0.00000196. The highest BCUT2D eigenvalue weighted by Gasteiger charge is 2.21. The summed E-state index contributed by atoms with van der Waals surface area (Å²) in [6.07, 6.45) is -0.492. The number of aliphatic hydroxyl groups excluding tert-OH is 1. The highest BCUT2D eigenvalue weighted by Crippen LogP contribution is 2.28. The summed E-state index contributed by atoms with van der Waals surface area (Å²) >= 11 is 0. The number of hydrogen-bond acceptors (Lipinski definition) is 5. The van der Waals surface area contributed by atoms with Crippen molar-refractivity contribution in [2.24, 2.45) is 0 Å². The Morgan fingerprint density at radius 1 is 1.00 bits per heavy atom. The third kappa shape index (κ3) is 6.74. The van der Waals surface area contributed by atoms with E-state index < -0.39 is 6.10 Å². The molecule has 7 heteroatoms. The van der Waals surface area contributed by atoms with E-state index in [4.69, 9.17) is 9.47 Å². The van der Waals surface area contributed by atoms with Gasteiger partial charge in [-0.15, -0.1) is 24.8 Å². The Hall–Kier alpha value is -1.66. The maximum absolute atomic E-state index is 10.3. The number of methoxy groups -OCH3 is 1. The molecule has 0 bridgehead atoms. The van der Waals surface area contributed by atoms with E-state index in [1.165, 1.54) is 0 Å². The molecule has 2 aromatic carbocycles. The number of halogens is 2. The Kier molecular flexibility index (Phi) is 10.5. The lowest BCUT2D eigenvalue weighted by Crippen LogP contribution is -2.49. The minimum Gasteiger partial charge on any atom is -0.495 e. The summed E-state index contributed by atoms with van der Waals surface area (Å²) < 4.78 is 11.2. The maximum atomic E-state index is 10.3. The van der Waals surface area contributed by atoms with Gasteiger partial charge in [0.05, 0.1) is 12.8 Å². The third-order valence-electron chi connectivity index (χ3n) is 4.70. The highest BCUT2D eigenvalue weighted by atomic mass is 35.5. The fourth-order valence-corrected chi connectivity index (χ4v) is 3.31. The quantitative estimate of drug-likeness (QED) is 0.731. The van der Waals surface area contributed by atoms with E-state index in [9.17, 15) is 5.11 Å². The number of anilines is 1. The van der Waals surface area contributed by atoms with Crippen molar-refractivity contribution in [1.82, 2.24) is 4.90 Å². The molecule has 1 aliphatic heterocycles. The van der Waals surface area contributed by atoms with E-state index in [1.54, 1.807) is 7.11 Å². The number of benzene rings is 2. The minimum absolute atomic E-state index is 0. The standard InChI is InChI=1S/C21H28N2O3.2ClH/c1-17-6-5-7-19(14-17)26-16-18(24)15-22-10-12-23(13-11-22)20-8-3-4-9-21(20)25-2;;/h3-9,14,18,24H,10-13,15-16H2,1-2H3;2*1H. The Labute approximate surface area is 180 Å². The Morgan fingerprint density at radius 2 is 1.71 bits per heavy atom. The van der Waals surface area contributed by atoms with Crippen molar-refractivity contribution in [2.45, 2.75) is 13.0 Å². The molecule has 1 atom stereocenters. The first-order chi connectivity index (χ1) is 12.7. The van der Waals surface area contributed by atoms with E-state index in [0.717, 1.165) is 48.9 Å². The smallest absolute Gasteiger partial charge is 0.142 e. The van der Waals surface area contributed by atoms with Crippen molar-refractivity contribution >= 4 is 30.5 Å². The van der Waals surface area contributed by atoms with Gasteiger partial charge in [0.15, 0.2) is 0 Å². The molecule has 0 aliphatic carbocycles. The first-order valence-electron chi connectivity index (χ1n) is 9.13. The van der Waals surface area contributed by atoms with Crippen LogP contribution in [0.1, 0.15) is 5.56 Å². The topological polar surface area (TPSA) is 45.2 Å². The van der Waals surface area contributed by atoms with Crippen molar-refractivity contribution in [3.05, 3.63) is 54.1 Å². The van der Waals surface area contributed by atoms with Gasteiger partial charge in [0.2, 0.25) is 0 Å². The van der Waals surface area contributed by atoms with Crippen molar-refractivity contribution < 1.29 is 14.6 Å². The predicted octanol–water partition coefficient (Wildman–Crippen LogP) is 3.41. The molecule has 28 heavy (non-hydrogen) atoms. The van der Waals surface area contributed by atoms with Gasteiger partial charge in [-0.1, -0.05) is 24.3 Å². The number of nitrogens with zero attached hydrogens (tertiary/aromatic N) is 2. The van der Waals surface area contributed by atoms with Crippen LogP contribution in [0.4, 0.5) is 5.69 Å². The molecule has 1 heterocycles. The Bertz CT molecular complexity index is 710. The summed E-state index contributed by atoms with van der Waals surface area (Å²) in [7, 11) is 1.71. The van der Waals surface area contributed by atoms with Crippen LogP contribution in [0.5, 0.6) is 11.5 Å². The number of hydrogen-bond donors (Lipinski definition) is 1. The molecule has 0 spiro atoms. The van der Waals surface area contributed by atoms with E-state index >= 15 is 0 Å². The zero-order chi connectivity index (χ0) is 18.4. The molecule has 156 valence electrons. The summed E-state index contributed by atoms with van der Waals surface area (Å²) in [5, 5.41) is 10.3. The fraction of sp³-hybridized carbons (Fsp3) is 0.429. The molecule has 0 radical (unpaired) electrons. The first kappa shape index (κ1) is 24.4. The number of aliphatic hydroxyl groups is 1. The van der Waals surface area contributed by atoms with Gasteiger partial charge in [0.25, 0.3) is 0 Å². The largest absolute Gasteiger partial charge is 0.495 e. The Morgan fingerprint density at radius 3 is 2.39 bits per heavy atom. The zero-order valence-corrected chi connectivity index (χ0v) is 18.0. The number of aryl methyl sites for hydroxylation is 1. The summed E-state index contributed by atoms with van der Waals surface area (Å²) in [5.74, 6) is 1.72. The lowest BCUT2D eigenvalue weighted by atomic mass is 10.2. The summed E-state index contributed by atoms with van der Waals surface area (Å²) in [6, 6.07) is 16.0. The summed E-state index contributed by atoms with van der Waals surface area (Å²) in [6.45, 7) is 6.66. The second-order valence-corrected chi connectivity index (χ2v) is 6.74. The monoisotopic (exact) mass is 428 g/mol. The number of rotatable bonds is 7. The third-order valence-corrected chi connectivity index (χ3v) is 4.70. The SMILES string of the molecule is COc1ccccc1N1CCN(CC(O)COc2cccc(C)c2)CC1.Cl.Cl. The second kappa shape index (κ2) is 12.0. The van der Waals surface area contributed by atoms with Gasteiger partial charge in [0, 0.05) is 32.7 Å². The molecule has 0 saturated carbocycles. The molecule has 0 aromatic heterocycles. The second-order valence-electron chi connectivity index (χ2n) is 6.74. The summed E-state index contributed by atoms with van der Waals surface area (Å²) in [4.78, 5) is 4.63. The van der Waals surface area contributed by atoms with Crippen LogP contribution < -0.4 is 14.4 Å². The molecule has 1 N–H and O–H groups in total. The van der Waals surface area contributed by atoms with Crippen LogP contribution >= 0.6 is 24.8 Å². The van der Waals surface area contributed by atoms with Gasteiger partial charge in [0.1, 0.15) is 24.2 Å². The van der Waals surface area contributed by atoms with Gasteiger partial charge >= 0.3 is 0 Å². The van der Waals surface area contributed by atoms with E-state index in [-0.39, 0.29) is 24.8 Å². The number of piperazine rings is 1. The van der Waals surface area contributed by atoms with E-state index in [2.05, 4.69) is 15.9 Å². The van der Waals surface area contributed by atoms with Gasteiger partial charge in [-0.05, 0) is 36.8 Å². The average Bonchev–Trinajstić information content (AvgIpc) is 2.67. The number of ether oxygens (including phenoxy) is 2. The first-order valence-corrected chi connectivity index (χ1v) is 9.13. The van der Waals surface area contributed by atoms with Crippen LogP contribution in [0, 0.1) is 6.92 Å². The van der Waals surface area contributed by atoms with Crippen LogP contribution in [0.2, 0.25) is 0 Å². The van der Waals surface area contributed by atoms with Crippen LogP contribution in [0.15, 0.2) is 48.5 Å². The number of para-hydroxylation sites is 2. The van der Waals surface area contributed by atoms with Crippen LogP contribution in [0.25, 0.3) is 0 Å². The molecule has 1 aliphatic rings. The number of β-amino-alcohol motifs (C(OH)–C–C–N with tert-alkyl or cyclic N) is 1. The molecule has 1 saturated heterocycles. The van der Waals surface area contributed by atoms with Crippen molar-refractivity contribution in [1.29, 1.82) is 0 Å². The van der Waals surface area contributed by atoms with Crippen LogP contribution in [-0.4, -0.2) is 62.6 Å². The summed E-state index contributed by atoms with van der Waals surface area (Å²) in [5.41, 5.74) is 2.29. The minimum atomic E-state index is -0.492. The van der Waals surface area contributed by atoms with Gasteiger partial charge in [-0.2, -0.15) is 0 Å². The lowest BCUT2D eigenvalue weighted by Gasteiger charge is -2.37. The van der Waals surface area contributed by atoms with E-state index in [1.807, 2.05) is 49.4 Å². The lowest BCUT2D eigenvalue weighted by molar-refractivity contribution is 0.0662. The molecule has 0 amide bonds. The van der Waals surface area contributed by atoms with Crippen LogP contribution in [-0.2, 0) is 0 Å². The molecule has 3 rings (SSSR count). The van der Waals surface area contributed by atoms with Crippen molar-refractivity contribution in [3.8, 4) is 11.5 Å². The van der Waals surface area contributed by atoms with Crippen molar-refractivity contribution in [2.75, 3.05) is 51.3 Å². The van der Waals surface area contributed by atoms with Gasteiger partial charge in [-0.25, -0.2) is 0 Å². The zero-order valence-electron chi connectivity index (χ0n) is 16.4. The molecule has 1 fully saturated rings. The predicted molar refractivity (Wildman–Crippen MR) is 119 cm³/mol. The van der Waals surface area contributed by atoms with Crippen molar-refractivity contribution in [3.63, 3.8) is 0 Å². The maximum Gasteiger partial charge on any atom is 0.142 e. The van der Waals surface area contributed by atoms with Crippen LogP contribution in [0.3, 0.4) is 0 Å². The molecule has 1 unspecified atom stereocenters. The normalized spacial score (nSPS) is 15.2. The molecule has 2 aromatic rings. The van der Waals surface area contributed by atoms with E-state index in [0.29, 0.717) is 13.2 Å². The fourth-order valence-electron chi connectivity index (χ4n) is 3.31. The average molecular weight is 429 g/mol. The molecular formula is C21H30Cl2N2O3. The highest BCUT2D eigenvalue weighted by molar-refractivity contribution is 5.85. The molecule has 5 nitrogen and oxygen atoms in total.